The molecule has 1 atom stereocenters. The van der Waals surface area contributed by atoms with E-state index in [1.807, 2.05) is 0 Å². The van der Waals surface area contributed by atoms with Crippen LogP contribution in [0, 0.1) is 5.82 Å². The molecular weight excluding hydrogens is 480 g/mol. The Kier molecular flexibility index (Phi) is 6.44. The van der Waals surface area contributed by atoms with E-state index >= 15 is 0 Å². The molecule has 2 aromatic carbocycles. The first kappa shape index (κ1) is 25.1. The molecule has 0 radical (unpaired) electrons. The number of hydrogen-bond donors (Lipinski definition) is 2. The molecule has 36 heavy (non-hydrogen) atoms. The van der Waals surface area contributed by atoms with Crippen molar-refractivity contribution in [2.24, 2.45) is 5.73 Å². The zero-order valence-electron chi connectivity index (χ0n) is 19.3. The van der Waals surface area contributed by atoms with Crippen molar-refractivity contribution in [3.63, 3.8) is 0 Å². The number of nitrogens with zero attached hydrogens (tertiary/aromatic N) is 3. The number of hydrogen-bond acceptors (Lipinski definition) is 5. The lowest BCUT2D eigenvalue weighted by atomic mass is 9.96. The standard InChI is InChI=1S/C25H22F4N4O3/c1-3-24(35,25(27,28)29)22-12-33(13-31-22)11-14-4-6-16-17(10-20(23(30)34)32-19(16)8-14)15-5-7-21(36-2)18(26)9-15/h4-10,12-13,35H,3,11H2,1-2H3,(H2,30,34). The van der Waals surface area contributed by atoms with Gasteiger partial charge in [0.25, 0.3) is 5.91 Å². The summed E-state index contributed by atoms with van der Waals surface area (Å²) in [5, 5.41) is 10.7. The number of ether oxygens (including phenoxy) is 1. The molecule has 4 rings (SSSR count). The van der Waals surface area contributed by atoms with E-state index < -0.39 is 35.6 Å². The van der Waals surface area contributed by atoms with E-state index in [9.17, 15) is 27.5 Å². The Labute approximate surface area is 203 Å². The van der Waals surface area contributed by atoms with Crippen LogP contribution >= 0.6 is 0 Å². The Bertz CT molecular complexity index is 1450. The third kappa shape index (κ3) is 4.49. The van der Waals surface area contributed by atoms with Gasteiger partial charge in [0.1, 0.15) is 5.69 Å². The third-order valence-corrected chi connectivity index (χ3v) is 5.99. The van der Waals surface area contributed by atoms with E-state index in [0.29, 0.717) is 27.6 Å². The first-order chi connectivity index (χ1) is 17.0. The van der Waals surface area contributed by atoms with E-state index in [1.54, 1.807) is 24.3 Å². The van der Waals surface area contributed by atoms with E-state index in [4.69, 9.17) is 10.5 Å². The number of pyridine rings is 1. The number of nitrogens with two attached hydrogens (primary N) is 1. The van der Waals surface area contributed by atoms with Crippen molar-refractivity contribution < 1.29 is 32.2 Å². The van der Waals surface area contributed by atoms with Gasteiger partial charge in [0.2, 0.25) is 5.60 Å². The predicted molar refractivity (Wildman–Crippen MR) is 124 cm³/mol. The number of benzene rings is 2. The van der Waals surface area contributed by atoms with Gasteiger partial charge < -0.3 is 20.1 Å². The van der Waals surface area contributed by atoms with Crippen LogP contribution in [0.3, 0.4) is 0 Å². The van der Waals surface area contributed by atoms with Gasteiger partial charge in [-0.1, -0.05) is 25.1 Å². The Morgan fingerprint density at radius 3 is 2.53 bits per heavy atom. The minimum atomic E-state index is -4.88. The van der Waals surface area contributed by atoms with Crippen LogP contribution in [0.25, 0.3) is 22.0 Å². The minimum Gasteiger partial charge on any atom is -0.494 e. The smallest absolute Gasteiger partial charge is 0.423 e. The molecule has 3 N–H and O–H groups in total. The Morgan fingerprint density at radius 2 is 1.92 bits per heavy atom. The topological polar surface area (TPSA) is 103 Å². The molecule has 0 saturated heterocycles. The lowest BCUT2D eigenvalue weighted by Crippen LogP contribution is -2.42. The van der Waals surface area contributed by atoms with Crippen molar-refractivity contribution >= 4 is 16.8 Å². The van der Waals surface area contributed by atoms with Crippen molar-refractivity contribution in [2.45, 2.75) is 31.7 Å². The third-order valence-electron chi connectivity index (χ3n) is 5.99. The van der Waals surface area contributed by atoms with Crippen molar-refractivity contribution in [3.05, 3.63) is 77.8 Å². The van der Waals surface area contributed by atoms with E-state index in [-0.39, 0.29) is 18.0 Å². The van der Waals surface area contributed by atoms with Crippen LogP contribution in [0.5, 0.6) is 5.75 Å². The van der Waals surface area contributed by atoms with Crippen LogP contribution < -0.4 is 10.5 Å². The summed E-state index contributed by atoms with van der Waals surface area (Å²) < 4.78 is 60.8. The number of aromatic nitrogens is 3. The monoisotopic (exact) mass is 502 g/mol. The van der Waals surface area contributed by atoms with Crippen LogP contribution in [0.1, 0.15) is 35.1 Å². The predicted octanol–water partition coefficient (Wildman–Crippen LogP) is 4.55. The molecular formula is C25H22F4N4O3. The van der Waals surface area contributed by atoms with E-state index in [1.165, 1.54) is 43.1 Å². The van der Waals surface area contributed by atoms with Gasteiger partial charge in [0.15, 0.2) is 11.6 Å². The molecule has 188 valence electrons. The van der Waals surface area contributed by atoms with Gasteiger partial charge in [-0.15, -0.1) is 0 Å². The summed E-state index contributed by atoms with van der Waals surface area (Å²) in [4.78, 5) is 20.0. The molecule has 0 aliphatic carbocycles. The molecule has 11 heteroatoms. The zero-order valence-corrected chi connectivity index (χ0v) is 19.3. The van der Waals surface area contributed by atoms with Gasteiger partial charge in [-0.2, -0.15) is 13.2 Å². The molecule has 0 aliphatic heterocycles. The highest BCUT2D eigenvalue weighted by Gasteiger charge is 2.55. The summed E-state index contributed by atoms with van der Waals surface area (Å²) in [5.41, 5.74) is 3.88. The molecule has 0 aliphatic rings. The van der Waals surface area contributed by atoms with Gasteiger partial charge in [-0.3, -0.25) is 4.79 Å². The number of carbonyl (C=O) groups is 1. The number of methoxy groups -OCH3 is 1. The number of halogens is 4. The van der Waals surface area contributed by atoms with Crippen LogP contribution in [-0.4, -0.2) is 38.8 Å². The first-order valence-corrected chi connectivity index (χ1v) is 10.9. The number of alkyl halides is 3. The van der Waals surface area contributed by atoms with Crippen molar-refractivity contribution in [2.75, 3.05) is 7.11 Å². The SMILES string of the molecule is CCC(O)(c1cn(Cc2ccc3c(-c4ccc(OC)c(F)c4)cc(C(N)=O)nc3c2)cn1)C(F)(F)F. The second-order valence-electron chi connectivity index (χ2n) is 8.26. The van der Waals surface area contributed by atoms with Gasteiger partial charge in [-0.25, -0.2) is 14.4 Å². The molecule has 2 aromatic heterocycles. The van der Waals surface area contributed by atoms with Crippen LogP contribution in [0.4, 0.5) is 17.6 Å². The lowest BCUT2D eigenvalue weighted by molar-refractivity contribution is -0.269. The maximum absolute atomic E-state index is 14.4. The normalized spacial score (nSPS) is 13.5. The van der Waals surface area contributed by atoms with Crippen molar-refractivity contribution in [1.29, 1.82) is 0 Å². The summed E-state index contributed by atoms with van der Waals surface area (Å²) in [5.74, 6) is -1.29. The maximum Gasteiger partial charge on any atom is 0.423 e. The number of primary amides is 1. The molecule has 0 saturated carbocycles. The maximum atomic E-state index is 14.4. The number of rotatable bonds is 7. The molecule has 2 heterocycles. The summed E-state index contributed by atoms with van der Waals surface area (Å²) in [6.45, 7) is 1.35. The Hall–Kier alpha value is -3.99. The minimum absolute atomic E-state index is 0.0334. The van der Waals surface area contributed by atoms with Gasteiger partial charge in [0, 0.05) is 18.1 Å². The average molecular weight is 502 g/mol. The second kappa shape index (κ2) is 9.23. The van der Waals surface area contributed by atoms with E-state index in [2.05, 4.69) is 9.97 Å². The summed E-state index contributed by atoms with van der Waals surface area (Å²) >= 11 is 0. The van der Waals surface area contributed by atoms with Crippen molar-refractivity contribution in [3.8, 4) is 16.9 Å². The van der Waals surface area contributed by atoms with Crippen molar-refractivity contribution in [1.82, 2.24) is 14.5 Å². The number of fused-ring (bicyclic) bond motifs is 1. The fourth-order valence-electron chi connectivity index (χ4n) is 3.97. The van der Waals surface area contributed by atoms with Crippen LogP contribution in [0.2, 0.25) is 0 Å². The van der Waals surface area contributed by atoms with Gasteiger partial charge in [0.05, 0.1) is 24.6 Å². The fourth-order valence-corrected chi connectivity index (χ4v) is 3.97. The highest BCUT2D eigenvalue weighted by Crippen LogP contribution is 2.40. The van der Waals surface area contributed by atoms with Crippen LogP contribution in [-0.2, 0) is 12.1 Å². The fraction of sp³-hybridized carbons (Fsp3) is 0.240. The highest BCUT2D eigenvalue weighted by atomic mass is 19.4. The summed E-state index contributed by atoms with van der Waals surface area (Å²) in [7, 11) is 1.35. The van der Waals surface area contributed by atoms with E-state index in [0.717, 1.165) is 6.20 Å². The quantitative estimate of drug-likeness (QED) is 0.361. The summed E-state index contributed by atoms with van der Waals surface area (Å²) in [6, 6.07) is 10.9. The molecule has 0 spiro atoms. The van der Waals surface area contributed by atoms with Crippen LogP contribution in [0.15, 0.2) is 55.0 Å². The van der Waals surface area contributed by atoms with Gasteiger partial charge in [-0.05, 0) is 47.4 Å². The van der Waals surface area contributed by atoms with Gasteiger partial charge >= 0.3 is 6.18 Å². The molecule has 4 aromatic rings. The first-order valence-electron chi connectivity index (χ1n) is 10.9. The molecule has 0 bridgehead atoms. The number of imidazole rings is 1. The molecule has 7 nitrogen and oxygen atoms in total. The Balaban J connectivity index is 1.74. The average Bonchev–Trinajstić information content (AvgIpc) is 3.30. The number of amides is 1. The number of carbonyl (C=O) groups excluding carboxylic acids is 1. The zero-order chi connectivity index (χ0) is 26.3. The summed E-state index contributed by atoms with van der Waals surface area (Å²) in [6.07, 6.45) is -3.13. The highest BCUT2D eigenvalue weighted by molar-refractivity contribution is 6.01. The Morgan fingerprint density at radius 1 is 1.17 bits per heavy atom. The molecule has 1 amide bonds. The number of aliphatic hydroxyl groups is 1. The largest absolute Gasteiger partial charge is 0.494 e. The molecule has 0 fully saturated rings. The molecule has 1 unspecified atom stereocenters. The second-order valence-corrected chi connectivity index (χ2v) is 8.26. The lowest BCUT2D eigenvalue weighted by Gasteiger charge is -2.27.